The van der Waals surface area contributed by atoms with E-state index in [9.17, 15) is 14.0 Å². The van der Waals surface area contributed by atoms with Crippen LogP contribution in [0.5, 0.6) is 0 Å². The summed E-state index contributed by atoms with van der Waals surface area (Å²) < 4.78 is 14.6. The number of fused-ring (bicyclic) bond motifs is 2. The van der Waals surface area contributed by atoms with Gasteiger partial charge >= 0.3 is 0 Å². The van der Waals surface area contributed by atoms with Crippen molar-refractivity contribution in [2.24, 2.45) is 5.92 Å². The molecule has 0 saturated carbocycles. The van der Waals surface area contributed by atoms with Crippen molar-refractivity contribution in [3.8, 4) is 0 Å². The molecule has 2 fully saturated rings. The molecule has 2 aliphatic rings. The number of nitrogens with one attached hydrogen (secondary N) is 1. The predicted molar refractivity (Wildman–Crippen MR) is 117 cm³/mol. The minimum Gasteiger partial charge on any atom is -0.337 e. The summed E-state index contributed by atoms with van der Waals surface area (Å²) in [6.45, 7) is 2.38. The van der Waals surface area contributed by atoms with Crippen molar-refractivity contribution in [2.45, 2.75) is 25.3 Å². The Kier molecular flexibility index (Phi) is 5.06. The highest BCUT2D eigenvalue weighted by Crippen LogP contribution is 2.31. The molecule has 1 amide bonds. The number of rotatable bonds is 3. The van der Waals surface area contributed by atoms with Crippen molar-refractivity contribution in [1.82, 2.24) is 20.0 Å². The Morgan fingerprint density at radius 1 is 1.19 bits per heavy atom. The van der Waals surface area contributed by atoms with Gasteiger partial charge in [-0.1, -0.05) is 24.3 Å². The number of carbonyl (C=O) groups is 1. The molecule has 0 aliphatic carbocycles. The third-order valence-electron chi connectivity index (χ3n) is 6.75. The zero-order valence-electron chi connectivity index (χ0n) is 17.5. The van der Waals surface area contributed by atoms with Gasteiger partial charge in [0, 0.05) is 30.9 Å². The van der Waals surface area contributed by atoms with Crippen LogP contribution in [0.3, 0.4) is 0 Å². The van der Waals surface area contributed by atoms with Crippen LogP contribution < -0.4 is 5.56 Å². The van der Waals surface area contributed by atoms with E-state index in [1.807, 2.05) is 12.1 Å². The third-order valence-corrected chi connectivity index (χ3v) is 6.75. The molecule has 0 radical (unpaired) electrons. The van der Waals surface area contributed by atoms with E-state index in [0.717, 1.165) is 30.3 Å². The molecule has 2 aromatic carbocycles. The van der Waals surface area contributed by atoms with Gasteiger partial charge in [0.25, 0.3) is 11.5 Å². The predicted octanol–water partition coefficient (Wildman–Crippen LogP) is 2.82. The Morgan fingerprint density at radius 2 is 2.00 bits per heavy atom. The van der Waals surface area contributed by atoms with Crippen LogP contribution in [0.2, 0.25) is 0 Å². The molecule has 2 atom stereocenters. The molecular formula is C24H25FN4O2. The molecule has 0 spiro atoms. The van der Waals surface area contributed by atoms with Gasteiger partial charge in [0.15, 0.2) is 0 Å². The Labute approximate surface area is 179 Å². The summed E-state index contributed by atoms with van der Waals surface area (Å²) in [7, 11) is 2.10. The van der Waals surface area contributed by atoms with Gasteiger partial charge in [-0.15, -0.1) is 0 Å². The fourth-order valence-corrected chi connectivity index (χ4v) is 5.09. The number of carbonyl (C=O) groups excluding carboxylic acids is 1. The first kappa shape index (κ1) is 19.9. The summed E-state index contributed by atoms with van der Waals surface area (Å²) in [5.41, 5.74) is 1.33. The summed E-state index contributed by atoms with van der Waals surface area (Å²) in [5.74, 6) is -0.289. The molecule has 3 heterocycles. The Hall–Kier alpha value is -3.06. The number of likely N-dealkylation sites (N-methyl/N-ethyl adjacent to an activating group) is 1. The fourth-order valence-electron chi connectivity index (χ4n) is 5.09. The third kappa shape index (κ3) is 3.63. The molecule has 2 saturated heterocycles. The molecular weight excluding hydrogens is 395 g/mol. The Morgan fingerprint density at radius 3 is 2.81 bits per heavy atom. The van der Waals surface area contributed by atoms with Crippen LogP contribution in [0.1, 0.15) is 34.5 Å². The average Bonchev–Trinajstić information content (AvgIpc) is 3.22. The molecule has 1 aromatic heterocycles. The number of hydrogen-bond acceptors (Lipinski definition) is 4. The van der Waals surface area contributed by atoms with E-state index >= 15 is 0 Å². The number of hydrogen-bond donors (Lipinski definition) is 1. The number of piperidine rings is 1. The number of H-pyrrole nitrogens is 1. The van der Waals surface area contributed by atoms with Crippen molar-refractivity contribution in [1.29, 1.82) is 0 Å². The second kappa shape index (κ2) is 7.89. The topological polar surface area (TPSA) is 69.3 Å². The summed E-state index contributed by atoms with van der Waals surface area (Å²) in [5, 5.41) is 8.05. The summed E-state index contributed by atoms with van der Waals surface area (Å²) >= 11 is 0. The monoisotopic (exact) mass is 420 g/mol. The first-order chi connectivity index (χ1) is 15.0. The highest BCUT2D eigenvalue weighted by molar-refractivity contribution is 5.95. The lowest BCUT2D eigenvalue weighted by Crippen LogP contribution is -2.42. The molecule has 1 N–H and O–H groups in total. The van der Waals surface area contributed by atoms with Gasteiger partial charge in [-0.3, -0.25) is 9.59 Å². The molecule has 7 heteroatoms. The fraction of sp³-hybridized carbons (Fsp3) is 0.375. The maximum atomic E-state index is 14.6. The molecule has 0 bridgehead atoms. The second-order valence-electron chi connectivity index (χ2n) is 8.70. The smallest absolute Gasteiger partial charge is 0.272 e. The van der Waals surface area contributed by atoms with E-state index in [-0.39, 0.29) is 17.0 Å². The van der Waals surface area contributed by atoms with E-state index in [1.165, 1.54) is 6.07 Å². The van der Waals surface area contributed by atoms with Gasteiger partial charge in [0.1, 0.15) is 5.82 Å². The van der Waals surface area contributed by atoms with Crippen LogP contribution in [0.4, 0.5) is 4.39 Å². The number of aromatic nitrogens is 2. The maximum absolute atomic E-state index is 14.6. The number of benzene rings is 2. The van der Waals surface area contributed by atoms with Gasteiger partial charge in [-0.2, -0.15) is 5.10 Å². The molecule has 6 nitrogen and oxygen atoms in total. The molecule has 2 unspecified atom stereocenters. The van der Waals surface area contributed by atoms with E-state index in [0.29, 0.717) is 42.6 Å². The normalized spacial score (nSPS) is 21.4. The van der Waals surface area contributed by atoms with Gasteiger partial charge in [-0.05, 0) is 56.1 Å². The first-order valence-electron chi connectivity index (χ1n) is 10.8. The molecule has 3 aromatic rings. The minimum absolute atomic E-state index is 0.104. The lowest BCUT2D eigenvalue weighted by molar-refractivity contribution is 0.0776. The molecule has 5 rings (SSSR count). The lowest BCUT2D eigenvalue weighted by atomic mass is 9.93. The van der Waals surface area contributed by atoms with Crippen molar-refractivity contribution >= 4 is 16.7 Å². The van der Waals surface area contributed by atoms with Crippen LogP contribution in [0.25, 0.3) is 10.8 Å². The standard InChI is InChI=1S/C24H25FN4O2/c1-28-10-4-5-16-13-29(14-22(16)28)24(31)19-11-15(8-9-20(19)25)12-21-17-6-2-3-7-18(17)23(30)27-26-21/h2-3,6-9,11,16,22H,4-5,10,12-14H2,1H3,(H,27,30). The van der Waals surface area contributed by atoms with Crippen LogP contribution in [-0.2, 0) is 6.42 Å². The Bertz CT molecular complexity index is 1210. The zero-order valence-corrected chi connectivity index (χ0v) is 17.5. The SMILES string of the molecule is CN1CCCC2CN(C(=O)c3cc(Cc4n[nH]c(=O)c5ccccc45)ccc3F)CC21. The van der Waals surface area contributed by atoms with Crippen LogP contribution in [0.15, 0.2) is 47.3 Å². The number of aromatic amines is 1. The van der Waals surface area contributed by atoms with Crippen molar-refractivity contribution in [3.63, 3.8) is 0 Å². The second-order valence-corrected chi connectivity index (χ2v) is 8.70. The number of likely N-dealkylation sites (tertiary alicyclic amines) is 2. The minimum atomic E-state index is -0.503. The maximum Gasteiger partial charge on any atom is 0.272 e. The van der Waals surface area contributed by atoms with Crippen LogP contribution in [0, 0.1) is 11.7 Å². The van der Waals surface area contributed by atoms with Crippen molar-refractivity contribution in [3.05, 3.63) is 75.5 Å². The van der Waals surface area contributed by atoms with Gasteiger partial charge < -0.3 is 9.80 Å². The zero-order chi connectivity index (χ0) is 21.5. The number of nitrogens with zero attached hydrogens (tertiary/aromatic N) is 3. The summed E-state index contributed by atoms with van der Waals surface area (Å²) in [6.07, 6.45) is 2.65. The molecule has 2 aliphatic heterocycles. The van der Waals surface area contributed by atoms with Crippen molar-refractivity contribution in [2.75, 3.05) is 26.7 Å². The Balaban J connectivity index is 1.42. The van der Waals surface area contributed by atoms with Crippen molar-refractivity contribution < 1.29 is 9.18 Å². The van der Waals surface area contributed by atoms with E-state index in [2.05, 4.69) is 22.1 Å². The summed E-state index contributed by atoms with van der Waals surface area (Å²) in [6, 6.07) is 12.3. The van der Waals surface area contributed by atoms with Gasteiger partial charge in [0.05, 0.1) is 16.6 Å². The number of halogens is 1. The highest BCUT2D eigenvalue weighted by Gasteiger charge is 2.39. The van der Waals surface area contributed by atoms with E-state index < -0.39 is 5.82 Å². The largest absolute Gasteiger partial charge is 0.337 e. The number of amides is 1. The summed E-state index contributed by atoms with van der Waals surface area (Å²) in [4.78, 5) is 29.3. The molecule has 160 valence electrons. The van der Waals surface area contributed by atoms with Crippen LogP contribution >= 0.6 is 0 Å². The average molecular weight is 420 g/mol. The van der Waals surface area contributed by atoms with E-state index in [1.54, 1.807) is 29.2 Å². The quantitative estimate of drug-likeness (QED) is 0.708. The van der Waals surface area contributed by atoms with Crippen LogP contribution in [-0.4, -0.2) is 58.6 Å². The highest BCUT2D eigenvalue weighted by atomic mass is 19.1. The lowest BCUT2D eigenvalue weighted by Gasteiger charge is -2.33. The molecule has 31 heavy (non-hydrogen) atoms. The van der Waals surface area contributed by atoms with E-state index in [4.69, 9.17) is 0 Å². The van der Waals surface area contributed by atoms with Gasteiger partial charge in [0.2, 0.25) is 0 Å². The first-order valence-corrected chi connectivity index (χ1v) is 10.8. The van der Waals surface area contributed by atoms with Gasteiger partial charge in [-0.25, -0.2) is 9.49 Å².